The van der Waals surface area contributed by atoms with Crippen molar-refractivity contribution in [1.29, 1.82) is 0 Å². The van der Waals surface area contributed by atoms with E-state index in [1.807, 2.05) is 13.8 Å². The second kappa shape index (κ2) is 9.63. The van der Waals surface area contributed by atoms with E-state index in [9.17, 15) is 22.4 Å². The highest BCUT2D eigenvalue weighted by molar-refractivity contribution is 7.91. The molecule has 0 spiro atoms. The Balaban J connectivity index is 1.57. The molecule has 2 saturated carbocycles. The lowest BCUT2D eigenvalue weighted by atomic mass is 9.85. The second-order valence-corrected chi connectivity index (χ2v) is 11.6. The molecule has 1 atom stereocenters. The minimum Gasteiger partial charge on any atom is -0.490 e. The number of benzene rings is 1. The first kappa shape index (κ1) is 23.6. The Kier molecular flexibility index (Phi) is 7.35. The molecular formula is C24H31FO5S. The third kappa shape index (κ3) is 6.99. The Bertz CT molecular complexity index is 960. The van der Waals surface area contributed by atoms with E-state index >= 15 is 0 Å². The molecule has 1 unspecified atom stereocenters. The second-order valence-electron chi connectivity index (χ2n) is 9.46. The van der Waals surface area contributed by atoms with Crippen LogP contribution in [-0.4, -0.2) is 38.1 Å². The molecule has 0 bridgehead atoms. The Morgan fingerprint density at radius 3 is 2.58 bits per heavy atom. The summed E-state index contributed by atoms with van der Waals surface area (Å²) in [4.78, 5) is 23.2. The van der Waals surface area contributed by atoms with Crippen molar-refractivity contribution < 1.29 is 27.1 Å². The van der Waals surface area contributed by atoms with Gasteiger partial charge in [0.25, 0.3) is 0 Å². The molecule has 0 N–H and O–H groups in total. The summed E-state index contributed by atoms with van der Waals surface area (Å²) < 4.78 is 45.0. The molecule has 31 heavy (non-hydrogen) atoms. The zero-order chi connectivity index (χ0) is 22.6. The number of ketones is 2. The summed E-state index contributed by atoms with van der Waals surface area (Å²) in [6.07, 6.45) is 6.93. The molecule has 0 aliphatic heterocycles. The van der Waals surface area contributed by atoms with Crippen LogP contribution >= 0.6 is 0 Å². The lowest BCUT2D eigenvalue weighted by Gasteiger charge is -2.25. The minimum absolute atomic E-state index is 0.00494. The molecule has 0 aromatic heterocycles. The van der Waals surface area contributed by atoms with E-state index in [4.69, 9.17) is 4.74 Å². The molecule has 0 saturated heterocycles. The third-order valence-corrected chi connectivity index (χ3v) is 7.86. The first-order chi connectivity index (χ1) is 14.6. The maximum Gasteiger partial charge on any atom is 0.165 e. The van der Waals surface area contributed by atoms with Gasteiger partial charge in [0.15, 0.2) is 21.4 Å². The zero-order valence-corrected chi connectivity index (χ0v) is 19.0. The fraction of sp³-hybridized carbons (Fsp3) is 0.583. The number of halogens is 1. The molecule has 170 valence electrons. The predicted molar refractivity (Wildman–Crippen MR) is 117 cm³/mol. The SMILES string of the molecule is CC(C)(CS(=O)(=O)C/C=C/CC1CCC(=O)CC1=O)c1ccc(F)c(OCC2CC2)c1. The molecule has 0 heterocycles. The van der Waals surface area contributed by atoms with Crippen molar-refractivity contribution in [3.8, 4) is 5.75 Å². The summed E-state index contributed by atoms with van der Waals surface area (Å²) in [5.41, 5.74) is 0.00215. The maximum atomic E-state index is 14.1. The lowest BCUT2D eigenvalue weighted by Crippen LogP contribution is -2.29. The summed E-state index contributed by atoms with van der Waals surface area (Å²) in [5, 5.41) is 0. The van der Waals surface area contributed by atoms with Crippen molar-refractivity contribution in [2.75, 3.05) is 18.1 Å². The molecule has 5 nitrogen and oxygen atoms in total. The molecule has 7 heteroatoms. The van der Waals surface area contributed by atoms with Crippen molar-refractivity contribution in [3.63, 3.8) is 0 Å². The van der Waals surface area contributed by atoms with Gasteiger partial charge in [-0.3, -0.25) is 9.59 Å². The summed E-state index contributed by atoms with van der Waals surface area (Å²) in [6.45, 7) is 4.13. The van der Waals surface area contributed by atoms with Gasteiger partial charge < -0.3 is 4.74 Å². The van der Waals surface area contributed by atoms with Crippen LogP contribution in [0.3, 0.4) is 0 Å². The predicted octanol–water partition coefficient (Wildman–Crippen LogP) is 4.19. The third-order valence-electron chi connectivity index (χ3n) is 6.00. The van der Waals surface area contributed by atoms with Crippen LogP contribution in [0, 0.1) is 17.7 Å². The molecule has 2 fully saturated rings. The Morgan fingerprint density at radius 2 is 1.90 bits per heavy atom. The van der Waals surface area contributed by atoms with Crippen LogP contribution in [0.15, 0.2) is 30.4 Å². The Labute approximate surface area is 184 Å². The van der Waals surface area contributed by atoms with Gasteiger partial charge >= 0.3 is 0 Å². The molecule has 3 rings (SSSR count). The first-order valence-electron chi connectivity index (χ1n) is 10.9. The number of rotatable bonds is 10. The van der Waals surface area contributed by atoms with Gasteiger partial charge in [-0.2, -0.15) is 0 Å². The van der Waals surface area contributed by atoms with Crippen LogP contribution in [0.5, 0.6) is 5.75 Å². The van der Waals surface area contributed by atoms with Gasteiger partial charge in [-0.25, -0.2) is 12.8 Å². The standard InChI is InChI=1S/C24H31FO5S/c1-24(2,19-9-11-21(25)23(13-19)30-15-17-6-7-17)16-31(28,29)12-4-3-5-18-8-10-20(26)14-22(18)27/h3-4,9,11,13,17-18H,5-8,10,12,14-16H2,1-2H3/b4-3+. The van der Waals surface area contributed by atoms with Gasteiger partial charge in [-0.1, -0.05) is 32.1 Å². The van der Waals surface area contributed by atoms with Crippen molar-refractivity contribution >= 4 is 21.4 Å². The maximum absolute atomic E-state index is 14.1. The zero-order valence-electron chi connectivity index (χ0n) is 18.2. The number of allylic oxidation sites excluding steroid dienone is 1. The van der Waals surface area contributed by atoms with Crippen LogP contribution in [0.2, 0.25) is 0 Å². The first-order valence-corrected chi connectivity index (χ1v) is 12.7. The fourth-order valence-corrected chi connectivity index (χ4v) is 5.68. The van der Waals surface area contributed by atoms with Crippen molar-refractivity contribution in [1.82, 2.24) is 0 Å². The van der Waals surface area contributed by atoms with Crippen LogP contribution in [0.1, 0.15) is 57.9 Å². The normalized spacial score (nSPS) is 20.4. The molecule has 0 amide bonds. The van der Waals surface area contributed by atoms with Crippen LogP contribution in [0.25, 0.3) is 0 Å². The van der Waals surface area contributed by atoms with Crippen LogP contribution < -0.4 is 4.74 Å². The topological polar surface area (TPSA) is 77.5 Å². The Hall–Kier alpha value is -2.02. The molecular weight excluding hydrogens is 419 g/mol. The van der Waals surface area contributed by atoms with E-state index in [1.54, 1.807) is 24.3 Å². The van der Waals surface area contributed by atoms with Gasteiger partial charge in [0.2, 0.25) is 0 Å². The van der Waals surface area contributed by atoms with E-state index in [1.165, 1.54) is 6.07 Å². The number of carbonyl (C=O) groups is 2. The number of carbonyl (C=O) groups excluding carboxylic acids is 2. The Morgan fingerprint density at radius 1 is 1.16 bits per heavy atom. The van der Waals surface area contributed by atoms with Crippen molar-refractivity contribution in [3.05, 3.63) is 41.7 Å². The van der Waals surface area contributed by atoms with Gasteiger partial charge in [-0.05, 0) is 49.3 Å². The van der Waals surface area contributed by atoms with E-state index in [0.29, 0.717) is 37.4 Å². The summed E-state index contributed by atoms with van der Waals surface area (Å²) in [6, 6.07) is 4.55. The highest BCUT2D eigenvalue weighted by Crippen LogP contribution is 2.33. The highest BCUT2D eigenvalue weighted by Gasteiger charge is 2.29. The van der Waals surface area contributed by atoms with E-state index in [0.717, 1.165) is 12.8 Å². The van der Waals surface area contributed by atoms with Gasteiger partial charge in [0.05, 0.1) is 24.5 Å². The molecule has 1 aromatic carbocycles. The van der Waals surface area contributed by atoms with E-state index in [-0.39, 0.29) is 41.2 Å². The van der Waals surface area contributed by atoms with Crippen molar-refractivity contribution in [2.45, 2.75) is 57.8 Å². The minimum atomic E-state index is -3.41. The van der Waals surface area contributed by atoms with Gasteiger partial charge in [-0.15, -0.1) is 0 Å². The van der Waals surface area contributed by atoms with Crippen molar-refractivity contribution in [2.24, 2.45) is 11.8 Å². The van der Waals surface area contributed by atoms with Crippen LogP contribution in [0.4, 0.5) is 4.39 Å². The summed E-state index contributed by atoms with van der Waals surface area (Å²) in [5.74, 6) is -0.251. The highest BCUT2D eigenvalue weighted by atomic mass is 32.2. The molecule has 2 aliphatic rings. The quantitative estimate of drug-likeness (QED) is 0.395. The van der Waals surface area contributed by atoms with E-state index < -0.39 is 21.1 Å². The monoisotopic (exact) mass is 450 g/mol. The molecule has 0 radical (unpaired) electrons. The number of sulfone groups is 1. The molecule has 2 aliphatic carbocycles. The van der Waals surface area contributed by atoms with E-state index in [2.05, 4.69) is 0 Å². The number of hydrogen-bond donors (Lipinski definition) is 0. The van der Waals surface area contributed by atoms with Gasteiger partial charge in [0, 0.05) is 17.8 Å². The summed E-state index contributed by atoms with van der Waals surface area (Å²) in [7, 11) is -3.41. The number of Topliss-reactive ketones (excluding diaryl/α,β-unsaturated/α-hetero) is 2. The summed E-state index contributed by atoms with van der Waals surface area (Å²) >= 11 is 0. The average molecular weight is 451 g/mol. The largest absolute Gasteiger partial charge is 0.490 e. The lowest BCUT2D eigenvalue weighted by molar-refractivity contribution is -0.132. The van der Waals surface area contributed by atoms with Gasteiger partial charge in [0.1, 0.15) is 11.6 Å². The fourth-order valence-electron chi connectivity index (χ4n) is 3.87. The number of hydrogen-bond acceptors (Lipinski definition) is 5. The van der Waals surface area contributed by atoms with Crippen LogP contribution in [-0.2, 0) is 24.8 Å². The average Bonchev–Trinajstić information content (AvgIpc) is 3.49. The molecule has 1 aromatic rings. The number of ether oxygens (including phenoxy) is 1. The smallest absolute Gasteiger partial charge is 0.165 e.